The van der Waals surface area contributed by atoms with Crippen LogP contribution in [-0.2, 0) is 0 Å². The van der Waals surface area contributed by atoms with Crippen LogP contribution in [0.4, 0.5) is 0 Å². The van der Waals surface area contributed by atoms with Crippen molar-refractivity contribution in [2.75, 3.05) is 0 Å². The lowest BCUT2D eigenvalue weighted by atomic mass is 9.87. The molecule has 0 radical (unpaired) electrons. The second-order valence-corrected chi connectivity index (χ2v) is 14.3. The molecule has 0 spiro atoms. The summed E-state index contributed by atoms with van der Waals surface area (Å²) in [4.78, 5) is 0. The molecule has 0 atom stereocenters. The van der Waals surface area contributed by atoms with Gasteiger partial charge in [0, 0.05) is 0 Å². The minimum atomic E-state index is -0.341. The Morgan fingerprint density at radius 3 is 1.26 bits per heavy atom. The molecule has 12 rings (SSSR count). The third-order valence-corrected chi connectivity index (χ3v) is 11.3. The average molecular weight is 688 g/mol. The first-order valence-electron chi connectivity index (χ1n) is 21.8. The van der Waals surface area contributed by atoms with Crippen molar-refractivity contribution in [3.8, 4) is 44.5 Å². The highest BCUT2D eigenvalue weighted by atomic mass is 14.2. The molecule has 0 N–H and O–H groups in total. The maximum absolute atomic E-state index is 9.98. The molecule has 0 aliphatic rings. The van der Waals surface area contributed by atoms with Crippen molar-refractivity contribution in [2.24, 2.45) is 0 Å². The first-order chi connectivity index (χ1) is 29.7. The summed E-state index contributed by atoms with van der Waals surface area (Å²) >= 11 is 0. The molecule has 0 aliphatic carbocycles. The second kappa shape index (κ2) is 11.2. The molecule has 0 unspecified atom stereocenters. The van der Waals surface area contributed by atoms with E-state index in [2.05, 4.69) is 54.6 Å². The number of benzene rings is 12. The van der Waals surface area contributed by atoms with Gasteiger partial charge in [-0.1, -0.05) is 170 Å². The fourth-order valence-electron chi connectivity index (χ4n) is 8.70. The van der Waals surface area contributed by atoms with Crippen molar-refractivity contribution < 1.29 is 9.60 Å². The van der Waals surface area contributed by atoms with Gasteiger partial charge in [0.25, 0.3) is 0 Å². The van der Waals surface area contributed by atoms with Crippen LogP contribution in [-0.4, -0.2) is 0 Å². The van der Waals surface area contributed by atoms with Crippen LogP contribution in [0.25, 0.3) is 120 Å². The van der Waals surface area contributed by atoms with Gasteiger partial charge in [-0.15, -0.1) is 0 Å². The van der Waals surface area contributed by atoms with Gasteiger partial charge in [-0.3, -0.25) is 0 Å². The Morgan fingerprint density at radius 1 is 0.259 bits per heavy atom. The van der Waals surface area contributed by atoms with E-state index in [1.807, 2.05) is 97.1 Å². The summed E-state index contributed by atoms with van der Waals surface area (Å²) < 4.78 is 68.2. The van der Waals surface area contributed by atoms with E-state index in [0.29, 0.717) is 16.7 Å². The smallest absolute Gasteiger partial charge is 0.0616 e. The average Bonchev–Trinajstić information content (AvgIpc) is 3.28. The van der Waals surface area contributed by atoms with Crippen LogP contribution in [0.1, 0.15) is 9.60 Å². The predicted molar refractivity (Wildman–Crippen MR) is 233 cm³/mol. The van der Waals surface area contributed by atoms with Crippen LogP contribution >= 0.6 is 0 Å². The van der Waals surface area contributed by atoms with E-state index < -0.39 is 0 Å². The Labute approximate surface area is 322 Å². The molecule has 0 aromatic heterocycles. The van der Waals surface area contributed by atoms with Crippen LogP contribution in [0.15, 0.2) is 194 Å². The van der Waals surface area contributed by atoms with Crippen molar-refractivity contribution in [3.05, 3.63) is 194 Å². The third kappa shape index (κ3) is 4.38. The number of fused-ring (bicyclic) bond motifs is 1. The summed E-state index contributed by atoms with van der Waals surface area (Å²) in [6.07, 6.45) is 0. The van der Waals surface area contributed by atoms with Gasteiger partial charge < -0.3 is 0 Å². The Kier molecular flexibility index (Phi) is 4.90. The molecule has 0 aliphatic heterocycles. The Bertz CT molecular complexity index is 3790. The highest BCUT2D eigenvalue weighted by Gasteiger charge is 2.16. The molecule has 12 aromatic rings. The lowest BCUT2D eigenvalue weighted by Gasteiger charge is -2.17. The zero-order valence-electron chi connectivity index (χ0n) is 35.9. The predicted octanol–water partition coefficient (Wildman–Crippen LogP) is 15.3. The first-order valence-corrected chi connectivity index (χ1v) is 18.3. The number of rotatable bonds is 4. The molecule has 0 bridgehead atoms. The molecule has 0 saturated heterocycles. The van der Waals surface area contributed by atoms with Crippen molar-refractivity contribution in [3.63, 3.8) is 0 Å². The Balaban J connectivity index is 1.16. The van der Waals surface area contributed by atoms with Gasteiger partial charge in [0.15, 0.2) is 0 Å². The molecule has 0 heterocycles. The molecule has 0 nitrogen and oxygen atoms in total. The first kappa shape index (κ1) is 23.5. The van der Waals surface area contributed by atoms with E-state index in [0.717, 1.165) is 75.4 Å². The number of hydrogen-bond acceptors (Lipinski definition) is 0. The summed E-state index contributed by atoms with van der Waals surface area (Å²) in [7, 11) is 0. The zero-order valence-corrected chi connectivity index (χ0v) is 28.9. The van der Waals surface area contributed by atoms with Crippen LogP contribution in [0.3, 0.4) is 0 Å². The van der Waals surface area contributed by atoms with Gasteiger partial charge in [-0.25, -0.2) is 0 Å². The van der Waals surface area contributed by atoms with E-state index in [1.54, 1.807) is 0 Å². The van der Waals surface area contributed by atoms with E-state index in [1.165, 1.54) is 0 Å². The van der Waals surface area contributed by atoms with Gasteiger partial charge in [-0.05, 0) is 144 Å². The molecule has 0 saturated carbocycles. The van der Waals surface area contributed by atoms with Crippen LogP contribution in [0, 0.1) is 0 Å². The monoisotopic (exact) mass is 687 g/mol. The molecule has 12 aromatic carbocycles. The summed E-state index contributed by atoms with van der Waals surface area (Å²) in [6, 6.07) is 48.7. The largest absolute Gasteiger partial charge is 0.0636 e. The van der Waals surface area contributed by atoms with E-state index in [9.17, 15) is 9.60 Å². The van der Waals surface area contributed by atoms with E-state index >= 15 is 0 Å². The SMILES string of the molecule is [2H]c1c([2H])c(-c2ccc3ccc4cccc5ccc2c3c45)c([2H])c([2H])c1-c1c([2H])c(-c2ccc3ccccc3c2)c([2H])c(-c2ccc3ccc4cccc5ccc2c3c45)c1[2H]. The summed E-state index contributed by atoms with van der Waals surface area (Å²) in [5.41, 5.74) is 2.31. The van der Waals surface area contributed by atoms with Crippen LogP contribution in [0.5, 0.6) is 0 Å². The van der Waals surface area contributed by atoms with Gasteiger partial charge in [0.05, 0.1) is 9.60 Å². The third-order valence-electron chi connectivity index (χ3n) is 11.3. The quantitative estimate of drug-likeness (QED) is 0.162. The van der Waals surface area contributed by atoms with Crippen molar-refractivity contribution in [1.29, 1.82) is 0 Å². The topological polar surface area (TPSA) is 0 Å². The number of hydrogen-bond donors (Lipinski definition) is 0. The summed E-state index contributed by atoms with van der Waals surface area (Å²) in [5.74, 6) is 0. The molecule has 0 fully saturated rings. The standard InChI is InChI=1S/C54H32/c1-2-6-42-29-43(20-13-33(42)5-1)45-30-44(31-46(32-45)48-26-22-41-19-17-37-8-4-10-39-24-28-50(48)54(41)52(37)39)34-11-14-35(15-12-34)47-25-21-40-18-16-36-7-3-9-38-23-27-49(47)53(40)51(36)38/h1-32H/i11D,12D,14D,15D,30D,31D,32D. The van der Waals surface area contributed by atoms with Crippen molar-refractivity contribution in [1.82, 2.24) is 0 Å². The Morgan fingerprint density at radius 2 is 0.667 bits per heavy atom. The lowest BCUT2D eigenvalue weighted by molar-refractivity contribution is 1.58. The lowest BCUT2D eigenvalue weighted by Crippen LogP contribution is -1.90. The van der Waals surface area contributed by atoms with E-state index in [4.69, 9.17) is 0 Å². The highest BCUT2D eigenvalue weighted by molar-refractivity contribution is 6.26. The maximum Gasteiger partial charge on any atom is 0.0636 e. The summed E-state index contributed by atoms with van der Waals surface area (Å²) in [6.45, 7) is 0. The zero-order chi connectivity index (χ0) is 41.4. The second-order valence-electron chi connectivity index (χ2n) is 14.3. The van der Waals surface area contributed by atoms with E-state index in [-0.39, 0.29) is 70.1 Å². The van der Waals surface area contributed by atoms with Gasteiger partial charge in [0.2, 0.25) is 0 Å². The fraction of sp³-hybridized carbons (Fsp3) is 0. The molecule has 0 amide bonds. The van der Waals surface area contributed by atoms with Crippen molar-refractivity contribution >= 4 is 75.4 Å². The minimum absolute atomic E-state index is 0.00964. The highest BCUT2D eigenvalue weighted by Crippen LogP contribution is 2.43. The minimum Gasteiger partial charge on any atom is -0.0616 e. The maximum atomic E-state index is 9.98. The van der Waals surface area contributed by atoms with Gasteiger partial charge >= 0.3 is 0 Å². The molecule has 54 heavy (non-hydrogen) atoms. The van der Waals surface area contributed by atoms with Crippen LogP contribution in [0.2, 0.25) is 0 Å². The van der Waals surface area contributed by atoms with Crippen molar-refractivity contribution in [2.45, 2.75) is 0 Å². The molecular weight excluding hydrogens is 649 g/mol. The molecule has 248 valence electrons. The summed E-state index contributed by atoms with van der Waals surface area (Å²) in [5, 5.41) is 14.1. The van der Waals surface area contributed by atoms with Gasteiger partial charge in [0.1, 0.15) is 0 Å². The van der Waals surface area contributed by atoms with Crippen LogP contribution < -0.4 is 0 Å². The Hall–Kier alpha value is -7.02. The fourth-order valence-corrected chi connectivity index (χ4v) is 8.70. The molecule has 0 heteroatoms. The van der Waals surface area contributed by atoms with Gasteiger partial charge in [-0.2, -0.15) is 0 Å². The molecular formula is C54H32. The normalized spacial score (nSPS) is 13.9.